The Morgan fingerprint density at radius 2 is 1.76 bits per heavy atom. The minimum Gasteiger partial charge on any atom is -0.278 e. The van der Waals surface area contributed by atoms with Crippen LogP contribution < -0.4 is 4.90 Å². The van der Waals surface area contributed by atoms with Gasteiger partial charge in [-0.3, -0.25) is 14.7 Å². The number of sulfonamides is 1. The first-order valence-electron chi connectivity index (χ1n) is 12.9. The fourth-order valence-corrected chi connectivity index (χ4v) is 7.52. The van der Waals surface area contributed by atoms with Crippen molar-refractivity contribution in [3.63, 3.8) is 0 Å². The molecule has 2 aromatic carbocycles. The lowest BCUT2D eigenvalue weighted by molar-refractivity contribution is 0.0984. The summed E-state index contributed by atoms with van der Waals surface area (Å²) >= 11 is 1.47. The van der Waals surface area contributed by atoms with Gasteiger partial charge in [0.15, 0.2) is 5.13 Å². The lowest BCUT2D eigenvalue weighted by Gasteiger charge is -2.30. The number of anilines is 1. The van der Waals surface area contributed by atoms with Gasteiger partial charge in [-0.05, 0) is 80.3 Å². The van der Waals surface area contributed by atoms with E-state index in [0.29, 0.717) is 10.7 Å². The minimum atomic E-state index is -3.64. The Balaban J connectivity index is 1.46. The smallest absolute Gasteiger partial charge is 0.260 e. The fourth-order valence-electron chi connectivity index (χ4n) is 5.09. The molecule has 0 aliphatic heterocycles. The van der Waals surface area contributed by atoms with E-state index >= 15 is 0 Å². The molecule has 1 amide bonds. The van der Waals surface area contributed by atoms with Crippen molar-refractivity contribution in [1.82, 2.24) is 14.3 Å². The predicted octanol–water partition coefficient (Wildman–Crippen LogP) is 6.11. The van der Waals surface area contributed by atoms with Gasteiger partial charge in [-0.2, -0.15) is 4.31 Å². The largest absolute Gasteiger partial charge is 0.278 e. The van der Waals surface area contributed by atoms with Gasteiger partial charge in [0, 0.05) is 24.8 Å². The molecule has 1 fully saturated rings. The first-order chi connectivity index (χ1) is 18.2. The highest BCUT2D eigenvalue weighted by Crippen LogP contribution is 2.34. The summed E-state index contributed by atoms with van der Waals surface area (Å²) < 4.78 is 29.1. The maximum Gasteiger partial charge on any atom is 0.260 e. The van der Waals surface area contributed by atoms with Crippen LogP contribution in [0, 0.1) is 13.8 Å². The summed E-state index contributed by atoms with van der Waals surface area (Å²) in [5.41, 5.74) is 4.22. The van der Waals surface area contributed by atoms with Crippen LogP contribution in [0.4, 0.5) is 5.13 Å². The molecule has 0 saturated heterocycles. The van der Waals surface area contributed by atoms with E-state index in [1.54, 1.807) is 30.3 Å². The fraction of sp³-hybridized carbons (Fsp3) is 0.345. The Labute approximate surface area is 228 Å². The van der Waals surface area contributed by atoms with Crippen LogP contribution in [-0.4, -0.2) is 41.7 Å². The second-order valence-corrected chi connectivity index (χ2v) is 13.0. The summed E-state index contributed by atoms with van der Waals surface area (Å²) in [6.07, 6.45) is 6.73. The van der Waals surface area contributed by atoms with E-state index in [9.17, 15) is 13.2 Å². The van der Waals surface area contributed by atoms with Crippen LogP contribution in [0.2, 0.25) is 0 Å². The van der Waals surface area contributed by atoms with Crippen LogP contribution in [0.5, 0.6) is 0 Å². The van der Waals surface area contributed by atoms with E-state index in [4.69, 9.17) is 4.98 Å². The zero-order valence-corrected chi connectivity index (χ0v) is 23.6. The number of pyridine rings is 1. The number of amides is 1. The van der Waals surface area contributed by atoms with Gasteiger partial charge in [-0.15, -0.1) is 0 Å². The number of hydrogen-bond acceptors (Lipinski definition) is 6. The summed E-state index contributed by atoms with van der Waals surface area (Å²) in [6.45, 7) is 4.33. The Hall–Kier alpha value is -3.14. The monoisotopic (exact) mass is 548 g/mol. The van der Waals surface area contributed by atoms with Crippen molar-refractivity contribution in [1.29, 1.82) is 0 Å². The van der Waals surface area contributed by atoms with E-state index < -0.39 is 10.0 Å². The molecule has 1 aliphatic carbocycles. The summed E-state index contributed by atoms with van der Waals surface area (Å²) in [4.78, 5) is 24.9. The summed E-state index contributed by atoms with van der Waals surface area (Å²) in [6, 6.07) is 16.0. The maximum atomic E-state index is 13.8. The minimum absolute atomic E-state index is 0.0232. The number of carbonyl (C=O) groups is 1. The second-order valence-electron chi connectivity index (χ2n) is 9.98. The van der Waals surface area contributed by atoms with E-state index in [1.165, 1.54) is 27.8 Å². The van der Waals surface area contributed by atoms with Crippen molar-refractivity contribution in [3.05, 3.63) is 83.2 Å². The Bertz CT molecular complexity index is 1540. The molecule has 0 atom stereocenters. The lowest BCUT2D eigenvalue weighted by atomic mass is 9.96. The normalized spacial score (nSPS) is 14.7. The molecule has 198 valence electrons. The van der Waals surface area contributed by atoms with Gasteiger partial charge in [-0.25, -0.2) is 13.4 Å². The molecule has 5 rings (SSSR count). The first-order valence-corrected chi connectivity index (χ1v) is 15.2. The van der Waals surface area contributed by atoms with E-state index in [-0.39, 0.29) is 23.4 Å². The SMILES string of the molecule is Cc1cc(C)c2sc(N(Cc3ccccn3)C(=O)c3ccc(S(=O)(=O)N(C)C4CCCCC4)cc3)nc2c1. The average molecular weight is 549 g/mol. The molecule has 7 nitrogen and oxygen atoms in total. The molecule has 0 N–H and O–H groups in total. The third-order valence-corrected chi connectivity index (χ3v) is 10.4. The highest BCUT2D eigenvalue weighted by molar-refractivity contribution is 7.89. The molecule has 1 aliphatic rings. The average Bonchev–Trinajstić information content (AvgIpc) is 3.36. The second kappa shape index (κ2) is 10.9. The molecular formula is C29H32N4O3S2. The van der Waals surface area contributed by atoms with Gasteiger partial charge in [0.1, 0.15) is 0 Å². The molecule has 2 aromatic heterocycles. The van der Waals surface area contributed by atoms with Crippen molar-refractivity contribution < 1.29 is 13.2 Å². The molecule has 2 heterocycles. The van der Waals surface area contributed by atoms with Crippen molar-refractivity contribution in [2.45, 2.75) is 63.4 Å². The molecule has 1 saturated carbocycles. The number of aromatic nitrogens is 2. The number of aryl methyl sites for hydroxylation is 2. The molecule has 9 heteroatoms. The highest BCUT2D eigenvalue weighted by atomic mass is 32.2. The van der Waals surface area contributed by atoms with Crippen LogP contribution in [0.25, 0.3) is 10.2 Å². The Kier molecular flexibility index (Phi) is 7.61. The zero-order chi connectivity index (χ0) is 26.9. The first kappa shape index (κ1) is 26.5. The third-order valence-electron chi connectivity index (χ3n) is 7.20. The molecule has 38 heavy (non-hydrogen) atoms. The number of nitrogens with zero attached hydrogens (tertiary/aromatic N) is 4. The van der Waals surface area contributed by atoms with E-state index in [0.717, 1.165) is 59.1 Å². The van der Waals surface area contributed by atoms with Crippen LogP contribution >= 0.6 is 11.3 Å². The number of fused-ring (bicyclic) bond motifs is 1. The zero-order valence-electron chi connectivity index (χ0n) is 21.9. The van der Waals surface area contributed by atoms with Gasteiger partial charge in [0.2, 0.25) is 10.0 Å². The molecule has 0 bridgehead atoms. The van der Waals surface area contributed by atoms with Crippen molar-refractivity contribution in [2.75, 3.05) is 11.9 Å². The summed E-state index contributed by atoms with van der Waals surface area (Å²) in [7, 11) is -1.98. The topological polar surface area (TPSA) is 83.5 Å². The standard InChI is InChI=1S/C29H32N4O3S2/c1-20-17-21(2)27-26(18-20)31-29(37-27)33(19-23-9-7-8-16-30-23)28(34)22-12-14-25(15-13-22)38(35,36)32(3)24-10-5-4-6-11-24/h7-9,12-18,24H,4-6,10-11,19H2,1-3H3. The van der Waals surface area contributed by atoms with E-state index in [2.05, 4.69) is 11.1 Å². The third kappa shape index (κ3) is 5.36. The number of hydrogen-bond donors (Lipinski definition) is 0. The van der Waals surface area contributed by atoms with Crippen LogP contribution in [-0.2, 0) is 16.6 Å². The number of benzene rings is 2. The molecule has 4 aromatic rings. The Morgan fingerprint density at radius 3 is 2.45 bits per heavy atom. The molecule has 0 unspecified atom stereocenters. The van der Waals surface area contributed by atoms with Crippen molar-refractivity contribution >= 4 is 42.6 Å². The highest BCUT2D eigenvalue weighted by Gasteiger charge is 2.30. The number of carbonyl (C=O) groups excluding carboxylic acids is 1. The van der Waals surface area contributed by atoms with Gasteiger partial charge in [0.05, 0.1) is 27.4 Å². The quantitative estimate of drug-likeness (QED) is 0.278. The van der Waals surface area contributed by atoms with Crippen LogP contribution in [0.15, 0.2) is 65.7 Å². The maximum absolute atomic E-state index is 13.8. The molecular weight excluding hydrogens is 516 g/mol. The number of thiazole rings is 1. The number of rotatable bonds is 7. The predicted molar refractivity (Wildman–Crippen MR) is 152 cm³/mol. The van der Waals surface area contributed by atoms with Gasteiger partial charge < -0.3 is 0 Å². The van der Waals surface area contributed by atoms with Crippen LogP contribution in [0.1, 0.15) is 59.3 Å². The lowest BCUT2D eigenvalue weighted by Crippen LogP contribution is -2.38. The summed E-state index contributed by atoms with van der Waals surface area (Å²) in [5, 5.41) is 0.582. The molecule has 0 radical (unpaired) electrons. The van der Waals surface area contributed by atoms with Gasteiger partial charge in [-0.1, -0.05) is 42.7 Å². The van der Waals surface area contributed by atoms with Crippen LogP contribution in [0.3, 0.4) is 0 Å². The van der Waals surface area contributed by atoms with Crippen molar-refractivity contribution in [2.24, 2.45) is 0 Å². The van der Waals surface area contributed by atoms with Gasteiger partial charge >= 0.3 is 0 Å². The summed E-state index contributed by atoms with van der Waals surface area (Å²) in [5.74, 6) is -0.256. The molecule has 0 spiro atoms. The van der Waals surface area contributed by atoms with Gasteiger partial charge in [0.25, 0.3) is 5.91 Å². The Morgan fingerprint density at radius 1 is 1.03 bits per heavy atom. The van der Waals surface area contributed by atoms with Crippen molar-refractivity contribution in [3.8, 4) is 0 Å². The van der Waals surface area contributed by atoms with E-state index in [1.807, 2.05) is 38.1 Å².